The molecule has 0 aliphatic carbocycles. The Hall–Kier alpha value is -1.55. The zero-order valence-electron chi connectivity index (χ0n) is 7.50. The average Bonchev–Trinajstić information content (AvgIpc) is 2.10. The Labute approximate surface area is 76.9 Å². The number of carbonyl (C=O) groups excluding carboxylic acids is 1. The summed E-state index contributed by atoms with van der Waals surface area (Å²) >= 11 is 0. The summed E-state index contributed by atoms with van der Waals surface area (Å²) < 4.78 is 0. The first-order chi connectivity index (χ1) is 6.15. The van der Waals surface area contributed by atoms with Gasteiger partial charge in [-0.3, -0.25) is 4.79 Å². The van der Waals surface area contributed by atoms with Gasteiger partial charge in [0.05, 0.1) is 17.9 Å². The van der Waals surface area contributed by atoms with Crippen molar-refractivity contribution in [1.29, 1.82) is 0 Å². The zero-order chi connectivity index (χ0) is 9.84. The molecule has 1 aromatic rings. The smallest absolute Gasteiger partial charge is 0.176 e. The molecule has 0 radical (unpaired) electrons. The Bertz CT molecular complexity index is 323. The maximum Gasteiger partial charge on any atom is 0.176 e. The predicted octanol–water partition coefficient (Wildman–Crippen LogP) is 0.253. The van der Waals surface area contributed by atoms with Crippen molar-refractivity contribution >= 4 is 17.2 Å². The molecular weight excluding hydrogens is 166 g/mol. The van der Waals surface area contributed by atoms with Crippen molar-refractivity contribution in [3.8, 4) is 0 Å². The molecule has 0 heterocycles. The van der Waals surface area contributed by atoms with E-state index in [0.29, 0.717) is 23.5 Å². The van der Waals surface area contributed by atoms with E-state index >= 15 is 0 Å². The van der Waals surface area contributed by atoms with E-state index in [-0.39, 0.29) is 5.78 Å². The number of benzene rings is 1. The van der Waals surface area contributed by atoms with Gasteiger partial charge in [-0.25, -0.2) is 0 Å². The van der Waals surface area contributed by atoms with Crippen LogP contribution in [0.3, 0.4) is 0 Å². The first kappa shape index (κ1) is 9.54. The third kappa shape index (κ3) is 2.19. The molecule has 0 aliphatic rings. The van der Waals surface area contributed by atoms with Gasteiger partial charge in [0.15, 0.2) is 5.78 Å². The van der Waals surface area contributed by atoms with E-state index in [1.165, 1.54) is 0 Å². The van der Waals surface area contributed by atoms with Crippen molar-refractivity contribution in [2.45, 2.75) is 0 Å². The highest BCUT2D eigenvalue weighted by Gasteiger charge is 2.05. The summed E-state index contributed by atoms with van der Waals surface area (Å²) in [5.74, 6) is 0.00852. The fraction of sp³-hybridized carbons (Fsp3) is 0.222. The molecule has 0 amide bonds. The molecule has 0 saturated carbocycles. The standard InChI is InChI=1S/C9H13N3O/c1-12-5-9(13)6-2-3-7(10)8(11)4-6/h2-4,12H,5,10-11H2,1H3. The quantitative estimate of drug-likeness (QED) is 0.459. The van der Waals surface area contributed by atoms with Crippen molar-refractivity contribution in [2.24, 2.45) is 0 Å². The summed E-state index contributed by atoms with van der Waals surface area (Å²) in [6.45, 7) is 0.309. The van der Waals surface area contributed by atoms with Gasteiger partial charge in [-0.05, 0) is 25.2 Å². The van der Waals surface area contributed by atoms with Gasteiger partial charge in [0.25, 0.3) is 0 Å². The average molecular weight is 179 g/mol. The van der Waals surface area contributed by atoms with Gasteiger partial charge in [-0.15, -0.1) is 0 Å². The monoisotopic (exact) mass is 179 g/mol. The molecule has 0 bridgehead atoms. The third-order valence-electron chi connectivity index (χ3n) is 1.75. The number of nitrogens with one attached hydrogen (secondary N) is 1. The molecule has 4 nitrogen and oxygen atoms in total. The maximum atomic E-state index is 11.3. The van der Waals surface area contributed by atoms with Crippen molar-refractivity contribution < 1.29 is 4.79 Å². The van der Waals surface area contributed by atoms with Crippen LogP contribution in [0, 0.1) is 0 Å². The minimum Gasteiger partial charge on any atom is -0.397 e. The molecule has 13 heavy (non-hydrogen) atoms. The summed E-state index contributed by atoms with van der Waals surface area (Å²) in [5.41, 5.74) is 12.6. The van der Waals surface area contributed by atoms with Crippen molar-refractivity contribution in [3.05, 3.63) is 23.8 Å². The van der Waals surface area contributed by atoms with Crippen LogP contribution in [0.4, 0.5) is 11.4 Å². The Kier molecular flexibility index (Phi) is 2.87. The van der Waals surface area contributed by atoms with E-state index < -0.39 is 0 Å². The normalized spacial score (nSPS) is 9.92. The molecule has 0 atom stereocenters. The van der Waals surface area contributed by atoms with Crippen LogP contribution in [0.1, 0.15) is 10.4 Å². The summed E-state index contributed by atoms with van der Waals surface area (Å²) in [6, 6.07) is 4.90. The highest BCUT2D eigenvalue weighted by atomic mass is 16.1. The lowest BCUT2D eigenvalue weighted by Gasteiger charge is -2.03. The highest BCUT2D eigenvalue weighted by molar-refractivity contribution is 5.99. The summed E-state index contributed by atoms with van der Waals surface area (Å²) in [4.78, 5) is 11.3. The van der Waals surface area contributed by atoms with Crippen LogP contribution < -0.4 is 16.8 Å². The predicted molar refractivity (Wildman–Crippen MR) is 53.5 cm³/mol. The maximum absolute atomic E-state index is 11.3. The number of anilines is 2. The van der Waals surface area contributed by atoms with Crippen LogP contribution in [-0.2, 0) is 0 Å². The Balaban J connectivity index is 2.90. The van der Waals surface area contributed by atoms with E-state index in [2.05, 4.69) is 5.32 Å². The second-order valence-electron chi connectivity index (χ2n) is 2.80. The molecule has 0 aromatic heterocycles. The molecule has 0 saturated heterocycles. The van der Waals surface area contributed by atoms with E-state index in [1.54, 1.807) is 25.2 Å². The molecule has 70 valence electrons. The first-order valence-electron chi connectivity index (χ1n) is 3.98. The fourth-order valence-electron chi connectivity index (χ4n) is 1.01. The number of hydrogen-bond acceptors (Lipinski definition) is 4. The van der Waals surface area contributed by atoms with Crippen LogP contribution >= 0.6 is 0 Å². The minimum atomic E-state index is 0.00852. The molecule has 5 N–H and O–H groups in total. The van der Waals surface area contributed by atoms with Crippen molar-refractivity contribution in [2.75, 3.05) is 25.1 Å². The molecule has 0 unspecified atom stereocenters. The second kappa shape index (κ2) is 3.91. The van der Waals surface area contributed by atoms with Gasteiger partial charge in [0.2, 0.25) is 0 Å². The van der Waals surface area contributed by atoms with E-state index in [0.717, 1.165) is 0 Å². The number of likely N-dealkylation sites (N-methyl/N-ethyl adjacent to an activating group) is 1. The van der Waals surface area contributed by atoms with Gasteiger partial charge in [-0.2, -0.15) is 0 Å². The molecule has 0 fully saturated rings. The van der Waals surface area contributed by atoms with Gasteiger partial charge in [0, 0.05) is 5.56 Å². The van der Waals surface area contributed by atoms with Gasteiger partial charge >= 0.3 is 0 Å². The zero-order valence-corrected chi connectivity index (χ0v) is 7.50. The Morgan fingerprint density at radius 2 is 2.08 bits per heavy atom. The molecule has 0 aliphatic heterocycles. The molecular formula is C9H13N3O. The molecule has 1 aromatic carbocycles. The number of nitrogen functional groups attached to an aromatic ring is 2. The fourth-order valence-corrected chi connectivity index (χ4v) is 1.01. The lowest BCUT2D eigenvalue weighted by Crippen LogP contribution is -2.18. The van der Waals surface area contributed by atoms with Gasteiger partial charge < -0.3 is 16.8 Å². The number of ketones is 1. The number of carbonyl (C=O) groups is 1. The van der Waals surface area contributed by atoms with Crippen molar-refractivity contribution in [3.63, 3.8) is 0 Å². The van der Waals surface area contributed by atoms with E-state index in [4.69, 9.17) is 11.5 Å². The Morgan fingerprint density at radius 3 is 2.62 bits per heavy atom. The van der Waals surface area contributed by atoms with Crippen LogP contribution in [0.15, 0.2) is 18.2 Å². The van der Waals surface area contributed by atoms with Crippen LogP contribution in [0.25, 0.3) is 0 Å². The molecule has 1 rings (SSSR count). The second-order valence-corrected chi connectivity index (χ2v) is 2.80. The van der Waals surface area contributed by atoms with Crippen LogP contribution in [0.2, 0.25) is 0 Å². The summed E-state index contributed by atoms with van der Waals surface area (Å²) in [6.07, 6.45) is 0. The van der Waals surface area contributed by atoms with Crippen LogP contribution in [-0.4, -0.2) is 19.4 Å². The third-order valence-corrected chi connectivity index (χ3v) is 1.75. The number of nitrogens with two attached hydrogens (primary N) is 2. The Morgan fingerprint density at radius 1 is 1.38 bits per heavy atom. The van der Waals surface area contributed by atoms with Gasteiger partial charge in [0.1, 0.15) is 0 Å². The van der Waals surface area contributed by atoms with Crippen molar-refractivity contribution in [1.82, 2.24) is 5.32 Å². The van der Waals surface area contributed by atoms with E-state index in [1.807, 2.05) is 0 Å². The minimum absolute atomic E-state index is 0.00852. The summed E-state index contributed by atoms with van der Waals surface area (Å²) in [5, 5.41) is 2.78. The SMILES string of the molecule is CNCC(=O)c1ccc(N)c(N)c1. The topological polar surface area (TPSA) is 81.1 Å². The highest BCUT2D eigenvalue weighted by Crippen LogP contribution is 2.15. The number of Topliss-reactive ketones (excluding diaryl/α,β-unsaturated/α-hetero) is 1. The number of rotatable bonds is 3. The molecule has 4 heteroatoms. The lowest BCUT2D eigenvalue weighted by molar-refractivity contribution is 0.0993. The van der Waals surface area contributed by atoms with E-state index in [9.17, 15) is 4.79 Å². The van der Waals surface area contributed by atoms with Crippen LogP contribution in [0.5, 0.6) is 0 Å². The first-order valence-corrected chi connectivity index (χ1v) is 3.98. The summed E-state index contributed by atoms with van der Waals surface area (Å²) in [7, 11) is 1.72. The number of hydrogen-bond donors (Lipinski definition) is 3. The molecule has 0 spiro atoms. The van der Waals surface area contributed by atoms with Gasteiger partial charge in [-0.1, -0.05) is 0 Å². The largest absolute Gasteiger partial charge is 0.397 e. The lowest BCUT2D eigenvalue weighted by atomic mass is 10.1.